The van der Waals surface area contributed by atoms with E-state index in [1.165, 1.54) is 12.1 Å². The first-order chi connectivity index (χ1) is 9.97. The van der Waals surface area contributed by atoms with Crippen LogP contribution in [-0.4, -0.2) is 11.8 Å². The van der Waals surface area contributed by atoms with Crippen molar-refractivity contribution in [2.45, 2.75) is 0 Å². The Kier molecular flexibility index (Phi) is 5.07. The molecule has 0 bridgehead atoms. The van der Waals surface area contributed by atoms with Gasteiger partial charge in [-0.15, -0.1) is 0 Å². The summed E-state index contributed by atoms with van der Waals surface area (Å²) in [4.78, 5) is 23.6. The number of halogens is 3. The highest BCUT2D eigenvalue weighted by Crippen LogP contribution is 2.25. The number of para-hydroxylation sites is 1. The van der Waals surface area contributed by atoms with Crippen molar-refractivity contribution >= 4 is 58.0 Å². The smallest absolute Gasteiger partial charge is 0.314 e. The number of carbonyl (C=O) groups is 2. The van der Waals surface area contributed by atoms with Crippen LogP contribution in [0.15, 0.2) is 42.5 Å². The van der Waals surface area contributed by atoms with Gasteiger partial charge in [-0.3, -0.25) is 9.59 Å². The Labute approximate surface area is 136 Å². The number of carbonyl (C=O) groups excluding carboxylic acids is 2. The predicted molar refractivity (Wildman–Crippen MR) is 85.2 cm³/mol. The molecule has 0 aliphatic heterocycles. The molecule has 108 valence electrons. The van der Waals surface area contributed by atoms with Crippen LogP contribution in [0, 0.1) is 0 Å². The van der Waals surface area contributed by atoms with Crippen LogP contribution in [0.1, 0.15) is 0 Å². The molecule has 0 unspecified atom stereocenters. The highest BCUT2D eigenvalue weighted by molar-refractivity contribution is 6.46. The zero-order chi connectivity index (χ0) is 15.4. The molecule has 0 aliphatic rings. The second-order valence-corrected chi connectivity index (χ2v) is 5.26. The Morgan fingerprint density at radius 2 is 1.33 bits per heavy atom. The van der Waals surface area contributed by atoms with Gasteiger partial charge < -0.3 is 10.6 Å². The average molecular weight is 344 g/mol. The molecule has 0 spiro atoms. The molecular weight excluding hydrogens is 335 g/mol. The zero-order valence-electron chi connectivity index (χ0n) is 10.5. The van der Waals surface area contributed by atoms with Crippen LogP contribution in [0.5, 0.6) is 0 Å². The van der Waals surface area contributed by atoms with E-state index in [2.05, 4.69) is 10.6 Å². The highest BCUT2D eigenvalue weighted by Gasteiger charge is 2.16. The summed E-state index contributed by atoms with van der Waals surface area (Å²) in [6, 6.07) is 11.1. The van der Waals surface area contributed by atoms with Gasteiger partial charge in [0.2, 0.25) is 0 Å². The predicted octanol–water partition coefficient (Wildman–Crippen LogP) is 4.22. The minimum absolute atomic E-state index is 0.237. The van der Waals surface area contributed by atoms with Crippen molar-refractivity contribution in [3.63, 3.8) is 0 Å². The van der Waals surface area contributed by atoms with Crippen molar-refractivity contribution in [1.29, 1.82) is 0 Å². The second-order valence-electron chi connectivity index (χ2n) is 4.01. The summed E-state index contributed by atoms with van der Waals surface area (Å²) in [6.07, 6.45) is 0. The fourth-order valence-corrected chi connectivity index (χ4v) is 2.15. The van der Waals surface area contributed by atoms with Crippen LogP contribution in [0.2, 0.25) is 15.1 Å². The fraction of sp³-hybridized carbons (Fsp3) is 0. The molecule has 0 radical (unpaired) electrons. The molecule has 0 atom stereocenters. The summed E-state index contributed by atoms with van der Waals surface area (Å²) in [5.74, 6) is -1.71. The van der Waals surface area contributed by atoms with Gasteiger partial charge in [-0.25, -0.2) is 0 Å². The Morgan fingerprint density at radius 3 is 1.90 bits per heavy atom. The van der Waals surface area contributed by atoms with Gasteiger partial charge in [-0.05, 0) is 30.3 Å². The van der Waals surface area contributed by atoms with Crippen LogP contribution in [-0.2, 0) is 9.59 Å². The molecule has 0 saturated carbocycles. The third-order valence-electron chi connectivity index (χ3n) is 2.51. The average Bonchev–Trinajstić information content (AvgIpc) is 2.44. The summed E-state index contributed by atoms with van der Waals surface area (Å²) in [5.41, 5.74) is 0.641. The first-order valence-corrected chi connectivity index (χ1v) is 6.92. The van der Waals surface area contributed by atoms with E-state index < -0.39 is 11.8 Å². The van der Waals surface area contributed by atoms with E-state index in [-0.39, 0.29) is 5.02 Å². The van der Waals surface area contributed by atoms with Gasteiger partial charge >= 0.3 is 11.8 Å². The topological polar surface area (TPSA) is 58.2 Å². The summed E-state index contributed by atoms with van der Waals surface area (Å²) in [6.45, 7) is 0. The van der Waals surface area contributed by atoms with Crippen LogP contribution >= 0.6 is 34.8 Å². The minimum atomic E-state index is -0.862. The quantitative estimate of drug-likeness (QED) is 0.802. The molecule has 0 fully saturated rings. The van der Waals surface area contributed by atoms with Crippen LogP contribution < -0.4 is 10.6 Å². The number of hydrogen-bond acceptors (Lipinski definition) is 2. The first-order valence-electron chi connectivity index (χ1n) is 5.79. The normalized spacial score (nSPS) is 10.0. The lowest BCUT2D eigenvalue weighted by Gasteiger charge is -2.09. The zero-order valence-corrected chi connectivity index (χ0v) is 12.8. The maximum atomic E-state index is 11.8. The van der Waals surface area contributed by atoms with Crippen molar-refractivity contribution in [1.82, 2.24) is 0 Å². The minimum Gasteiger partial charge on any atom is -0.316 e. The van der Waals surface area contributed by atoms with Crippen molar-refractivity contribution in [2.75, 3.05) is 10.6 Å². The van der Waals surface area contributed by atoms with Gasteiger partial charge in [-0.1, -0.05) is 46.9 Å². The summed E-state index contributed by atoms with van der Waals surface area (Å²) in [5, 5.41) is 5.80. The molecule has 2 amide bonds. The Hall–Kier alpha value is -1.75. The molecule has 7 heteroatoms. The molecule has 2 N–H and O–H groups in total. The van der Waals surface area contributed by atoms with Crippen molar-refractivity contribution in [3.05, 3.63) is 57.5 Å². The van der Waals surface area contributed by atoms with Gasteiger partial charge in [0.25, 0.3) is 0 Å². The molecule has 21 heavy (non-hydrogen) atoms. The van der Waals surface area contributed by atoms with Gasteiger partial charge in [0, 0.05) is 5.02 Å². The molecule has 2 rings (SSSR count). The lowest BCUT2D eigenvalue weighted by Crippen LogP contribution is -2.29. The lowest BCUT2D eigenvalue weighted by atomic mass is 10.3. The molecule has 2 aromatic rings. The Balaban J connectivity index is 2.06. The Bertz CT molecular complexity index is 704. The SMILES string of the molecule is O=C(Nc1ccccc1Cl)C(=O)Nc1ccc(Cl)cc1Cl. The molecule has 0 aromatic heterocycles. The third-order valence-corrected chi connectivity index (χ3v) is 3.39. The molecule has 0 heterocycles. The van der Waals surface area contributed by atoms with Crippen LogP contribution in [0.25, 0.3) is 0 Å². The van der Waals surface area contributed by atoms with Crippen LogP contribution in [0.4, 0.5) is 11.4 Å². The number of hydrogen-bond donors (Lipinski definition) is 2. The number of anilines is 2. The number of amides is 2. The fourth-order valence-electron chi connectivity index (χ4n) is 1.51. The maximum Gasteiger partial charge on any atom is 0.314 e. The number of rotatable bonds is 2. The summed E-state index contributed by atoms with van der Waals surface area (Å²) in [7, 11) is 0. The number of nitrogens with one attached hydrogen (secondary N) is 2. The monoisotopic (exact) mass is 342 g/mol. The van der Waals surface area contributed by atoms with E-state index in [4.69, 9.17) is 34.8 Å². The standard InChI is InChI=1S/C14H9Cl3N2O2/c15-8-5-6-12(10(17)7-8)19-14(21)13(20)18-11-4-2-1-3-9(11)16/h1-7H,(H,18,20)(H,19,21). The second kappa shape index (κ2) is 6.80. The van der Waals surface area contributed by atoms with Gasteiger partial charge in [0.05, 0.1) is 21.4 Å². The van der Waals surface area contributed by atoms with Crippen molar-refractivity contribution in [2.24, 2.45) is 0 Å². The first kappa shape index (κ1) is 15.6. The summed E-state index contributed by atoms with van der Waals surface area (Å²) < 4.78 is 0. The maximum absolute atomic E-state index is 11.8. The lowest BCUT2D eigenvalue weighted by molar-refractivity contribution is -0.132. The molecule has 0 saturated heterocycles. The van der Waals surface area contributed by atoms with E-state index in [0.717, 1.165) is 0 Å². The molecule has 2 aromatic carbocycles. The van der Waals surface area contributed by atoms with E-state index >= 15 is 0 Å². The van der Waals surface area contributed by atoms with E-state index in [0.29, 0.717) is 21.4 Å². The van der Waals surface area contributed by atoms with E-state index in [1.54, 1.807) is 30.3 Å². The van der Waals surface area contributed by atoms with Gasteiger partial charge in [0.15, 0.2) is 0 Å². The number of benzene rings is 2. The van der Waals surface area contributed by atoms with Gasteiger partial charge in [0.1, 0.15) is 0 Å². The van der Waals surface area contributed by atoms with Gasteiger partial charge in [-0.2, -0.15) is 0 Å². The molecule has 4 nitrogen and oxygen atoms in total. The molecule has 0 aliphatic carbocycles. The largest absolute Gasteiger partial charge is 0.316 e. The molecular formula is C14H9Cl3N2O2. The van der Waals surface area contributed by atoms with Crippen molar-refractivity contribution in [3.8, 4) is 0 Å². The van der Waals surface area contributed by atoms with Crippen molar-refractivity contribution < 1.29 is 9.59 Å². The van der Waals surface area contributed by atoms with E-state index in [1.807, 2.05) is 0 Å². The van der Waals surface area contributed by atoms with Crippen LogP contribution in [0.3, 0.4) is 0 Å². The Morgan fingerprint density at radius 1 is 0.762 bits per heavy atom. The summed E-state index contributed by atoms with van der Waals surface area (Å²) >= 11 is 17.6. The third kappa shape index (κ3) is 4.11. The van der Waals surface area contributed by atoms with E-state index in [9.17, 15) is 9.59 Å². The highest BCUT2D eigenvalue weighted by atomic mass is 35.5.